The van der Waals surface area contributed by atoms with Crippen LogP contribution in [0.4, 0.5) is 0 Å². The van der Waals surface area contributed by atoms with Gasteiger partial charge in [-0.1, -0.05) is 0 Å². The second-order valence-corrected chi connectivity index (χ2v) is 3.76. The molecule has 0 aromatic rings. The van der Waals surface area contributed by atoms with E-state index < -0.39 is 30.0 Å². The highest BCUT2D eigenvalue weighted by molar-refractivity contribution is 5.96. The smallest absolute Gasteiger partial charge is 0.331 e. The molecule has 0 radical (unpaired) electrons. The Bertz CT molecular complexity index is 431. The number of nitrogens with one attached hydrogen (secondary N) is 2. The highest BCUT2D eigenvalue weighted by Crippen LogP contribution is 2.03. The molecule has 1 heterocycles. The number of methoxy groups -OCH3 is 1. The van der Waals surface area contributed by atoms with Gasteiger partial charge in [0.1, 0.15) is 12.1 Å². The SMILES string of the molecule is COC(=O)/C=C/C(=O)O[C@@H](C)[C@@H]1NC(=O)CNC1=O. The standard InChI is InChI=1S/C11H14N2O6/c1-6(10-11(17)12-5-7(14)13-10)19-9(16)4-3-8(15)18-2/h3-4,6,10H,5H2,1-2H3,(H,12,17)(H,13,14)/b4-3+/t6-,10-/m0/s1. The molecule has 0 unspecified atom stereocenters. The van der Waals surface area contributed by atoms with E-state index >= 15 is 0 Å². The maximum Gasteiger partial charge on any atom is 0.331 e. The number of ether oxygens (including phenoxy) is 2. The summed E-state index contributed by atoms with van der Waals surface area (Å²) in [5.41, 5.74) is 0. The number of amides is 2. The molecule has 1 aliphatic rings. The molecule has 8 heteroatoms. The number of hydrogen-bond donors (Lipinski definition) is 2. The highest BCUT2D eigenvalue weighted by atomic mass is 16.5. The highest BCUT2D eigenvalue weighted by Gasteiger charge is 2.32. The molecule has 1 saturated heterocycles. The van der Waals surface area contributed by atoms with E-state index in [0.29, 0.717) is 0 Å². The molecule has 0 spiro atoms. The number of carbonyl (C=O) groups is 4. The number of esters is 2. The van der Waals surface area contributed by atoms with Crippen molar-refractivity contribution >= 4 is 23.8 Å². The van der Waals surface area contributed by atoms with Crippen LogP contribution in [0.5, 0.6) is 0 Å². The Hall–Kier alpha value is -2.38. The monoisotopic (exact) mass is 270 g/mol. The summed E-state index contributed by atoms with van der Waals surface area (Å²) in [6, 6.07) is -0.947. The van der Waals surface area contributed by atoms with Gasteiger partial charge in [0.2, 0.25) is 11.8 Å². The minimum absolute atomic E-state index is 0.0990. The van der Waals surface area contributed by atoms with E-state index in [4.69, 9.17) is 4.74 Å². The Morgan fingerprint density at radius 1 is 1.32 bits per heavy atom. The Labute approximate surface area is 109 Å². The van der Waals surface area contributed by atoms with Gasteiger partial charge in [-0.05, 0) is 6.92 Å². The zero-order valence-electron chi connectivity index (χ0n) is 10.5. The quantitative estimate of drug-likeness (QED) is 0.463. The van der Waals surface area contributed by atoms with Crippen LogP contribution < -0.4 is 10.6 Å². The third-order valence-corrected chi connectivity index (χ3v) is 2.35. The van der Waals surface area contributed by atoms with Crippen molar-refractivity contribution in [3.8, 4) is 0 Å². The predicted octanol–water partition coefficient (Wildman–Crippen LogP) is -1.74. The van der Waals surface area contributed by atoms with Crippen molar-refractivity contribution in [2.45, 2.75) is 19.1 Å². The van der Waals surface area contributed by atoms with Gasteiger partial charge in [-0.2, -0.15) is 0 Å². The normalized spacial score (nSPS) is 20.4. The Balaban J connectivity index is 2.53. The lowest BCUT2D eigenvalue weighted by atomic mass is 10.1. The fraction of sp³-hybridized carbons (Fsp3) is 0.455. The molecule has 0 bridgehead atoms. The van der Waals surface area contributed by atoms with Gasteiger partial charge in [0, 0.05) is 12.2 Å². The van der Waals surface area contributed by atoms with Gasteiger partial charge in [-0.25, -0.2) is 9.59 Å². The van der Waals surface area contributed by atoms with Gasteiger partial charge >= 0.3 is 11.9 Å². The second kappa shape index (κ2) is 6.53. The van der Waals surface area contributed by atoms with Crippen molar-refractivity contribution in [2.24, 2.45) is 0 Å². The Morgan fingerprint density at radius 2 is 1.95 bits per heavy atom. The maximum absolute atomic E-state index is 11.5. The molecule has 19 heavy (non-hydrogen) atoms. The van der Waals surface area contributed by atoms with E-state index in [1.807, 2.05) is 0 Å². The summed E-state index contributed by atoms with van der Waals surface area (Å²) in [6.45, 7) is 1.36. The van der Waals surface area contributed by atoms with E-state index in [2.05, 4.69) is 15.4 Å². The number of carbonyl (C=O) groups excluding carboxylic acids is 4. The van der Waals surface area contributed by atoms with Crippen molar-refractivity contribution in [3.05, 3.63) is 12.2 Å². The lowest BCUT2D eigenvalue weighted by Crippen LogP contribution is -2.60. The molecule has 0 aromatic heterocycles. The molecule has 1 aliphatic heterocycles. The minimum atomic E-state index is -0.947. The molecular formula is C11H14N2O6. The van der Waals surface area contributed by atoms with Gasteiger partial charge in [-0.15, -0.1) is 0 Å². The van der Waals surface area contributed by atoms with Crippen molar-refractivity contribution < 1.29 is 28.7 Å². The molecule has 0 saturated carbocycles. The lowest BCUT2D eigenvalue weighted by molar-refractivity contribution is -0.149. The minimum Gasteiger partial charge on any atom is -0.466 e. The van der Waals surface area contributed by atoms with Gasteiger partial charge in [0.15, 0.2) is 0 Å². The third-order valence-electron chi connectivity index (χ3n) is 2.35. The van der Waals surface area contributed by atoms with E-state index in [-0.39, 0.29) is 12.5 Å². The summed E-state index contributed by atoms with van der Waals surface area (Å²) in [5.74, 6) is -2.31. The molecule has 1 fully saturated rings. The molecule has 2 N–H and O–H groups in total. The molecule has 2 atom stereocenters. The molecule has 104 valence electrons. The molecule has 1 rings (SSSR count). The van der Waals surface area contributed by atoms with Crippen LogP contribution in [0.2, 0.25) is 0 Å². The topological polar surface area (TPSA) is 111 Å². The second-order valence-electron chi connectivity index (χ2n) is 3.76. The van der Waals surface area contributed by atoms with Crippen molar-refractivity contribution in [1.82, 2.24) is 10.6 Å². The predicted molar refractivity (Wildman–Crippen MR) is 61.7 cm³/mol. The maximum atomic E-state index is 11.5. The molecule has 0 aromatic carbocycles. The van der Waals surface area contributed by atoms with Crippen LogP contribution in [0.3, 0.4) is 0 Å². The molecule has 2 amide bonds. The molecule has 0 aliphatic carbocycles. The van der Waals surface area contributed by atoms with Crippen LogP contribution in [0.1, 0.15) is 6.92 Å². The van der Waals surface area contributed by atoms with Crippen molar-refractivity contribution in [2.75, 3.05) is 13.7 Å². The molecule has 8 nitrogen and oxygen atoms in total. The first kappa shape index (κ1) is 14.7. The summed E-state index contributed by atoms with van der Waals surface area (Å²) in [6.07, 6.45) is 0.915. The van der Waals surface area contributed by atoms with Crippen LogP contribution in [0.15, 0.2) is 12.2 Å². The summed E-state index contributed by atoms with van der Waals surface area (Å²) in [4.78, 5) is 44.7. The Kier molecular flexibility index (Phi) is 5.04. The fourth-order valence-corrected chi connectivity index (χ4v) is 1.39. The van der Waals surface area contributed by atoms with Crippen molar-refractivity contribution in [3.63, 3.8) is 0 Å². The average molecular weight is 270 g/mol. The first-order valence-corrected chi connectivity index (χ1v) is 5.47. The zero-order chi connectivity index (χ0) is 14.4. The summed E-state index contributed by atoms with van der Waals surface area (Å²) in [7, 11) is 1.17. The molecular weight excluding hydrogens is 256 g/mol. The zero-order valence-corrected chi connectivity index (χ0v) is 10.5. The van der Waals surface area contributed by atoms with Crippen LogP contribution in [0.25, 0.3) is 0 Å². The average Bonchev–Trinajstić information content (AvgIpc) is 2.38. The first-order valence-electron chi connectivity index (χ1n) is 5.47. The number of hydrogen-bond acceptors (Lipinski definition) is 6. The summed E-state index contributed by atoms with van der Waals surface area (Å²) >= 11 is 0. The van der Waals surface area contributed by atoms with Crippen LogP contribution >= 0.6 is 0 Å². The van der Waals surface area contributed by atoms with E-state index in [9.17, 15) is 19.2 Å². The van der Waals surface area contributed by atoms with Crippen LogP contribution in [-0.2, 0) is 28.7 Å². The van der Waals surface area contributed by atoms with Gasteiger partial charge in [0.25, 0.3) is 0 Å². The van der Waals surface area contributed by atoms with Crippen LogP contribution in [-0.4, -0.2) is 49.6 Å². The summed E-state index contributed by atoms with van der Waals surface area (Å²) in [5, 5.41) is 4.76. The summed E-state index contributed by atoms with van der Waals surface area (Å²) < 4.78 is 9.19. The van der Waals surface area contributed by atoms with Gasteiger partial charge in [0.05, 0.1) is 13.7 Å². The lowest BCUT2D eigenvalue weighted by Gasteiger charge is -2.27. The van der Waals surface area contributed by atoms with E-state index in [0.717, 1.165) is 12.2 Å². The number of piperazine rings is 1. The largest absolute Gasteiger partial charge is 0.466 e. The van der Waals surface area contributed by atoms with Gasteiger partial charge in [-0.3, -0.25) is 9.59 Å². The van der Waals surface area contributed by atoms with Crippen LogP contribution in [0, 0.1) is 0 Å². The first-order chi connectivity index (χ1) is 8.93. The fourth-order valence-electron chi connectivity index (χ4n) is 1.39. The van der Waals surface area contributed by atoms with E-state index in [1.165, 1.54) is 14.0 Å². The third kappa shape index (κ3) is 4.41. The van der Waals surface area contributed by atoms with E-state index in [1.54, 1.807) is 0 Å². The number of rotatable bonds is 4. The Morgan fingerprint density at radius 3 is 2.58 bits per heavy atom. The van der Waals surface area contributed by atoms with Crippen molar-refractivity contribution in [1.29, 1.82) is 0 Å². The van der Waals surface area contributed by atoms with Gasteiger partial charge < -0.3 is 20.1 Å².